The Balaban J connectivity index is 2.16. The summed E-state index contributed by atoms with van der Waals surface area (Å²) < 4.78 is 0. The summed E-state index contributed by atoms with van der Waals surface area (Å²) in [6, 6.07) is 11.3. The van der Waals surface area contributed by atoms with Crippen molar-refractivity contribution in [3.05, 3.63) is 59.3 Å². The van der Waals surface area contributed by atoms with Gasteiger partial charge < -0.3 is 5.32 Å². The van der Waals surface area contributed by atoms with Crippen LogP contribution in [-0.4, -0.2) is 16.3 Å². The third-order valence-corrected chi connectivity index (χ3v) is 2.88. The number of aldehydes is 1. The molecule has 2 aromatic rings. The predicted molar refractivity (Wildman–Crippen MR) is 76.1 cm³/mol. The second kappa shape index (κ2) is 5.51. The molecule has 1 N–H and O–H groups in total. The Labute approximate surface area is 111 Å². The Morgan fingerprint density at radius 3 is 2.67 bits per heavy atom. The molecule has 0 bridgehead atoms. The van der Waals surface area contributed by atoms with Crippen molar-refractivity contribution in [1.82, 2.24) is 4.98 Å². The molecule has 0 aliphatic rings. The number of aryl methyl sites for hydroxylation is 1. The molecule has 18 heavy (non-hydrogen) atoms. The first kappa shape index (κ1) is 12.4. The van der Waals surface area contributed by atoms with Crippen LogP contribution in [0.15, 0.2) is 42.6 Å². The van der Waals surface area contributed by atoms with Gasteiger partial charge in [0.15, 0.2) is 6.29 Å². The third-order valence-electron chi connectivity index (χ3n) is 2.55. The minimum atomic E-state index is 0.544. The van der Waals surface area contributed by atoms with Gasteiger partial charge in [0.25, 0.3) is 0 Å². The molecule has 0 aliphatic carbocycles. The quantitative estimate of drug-likeness (QED) is 0.677. The van der Waals surface area contributed by atoms with Crippen LogP contribution in [0.25, 0.3) is 0 Å². The summed E-state index contributed by atoms with van der Waals surface area (Å²) in [5.41, 5.74) is 2.63. The van der Waals surface area contributed by atoms with E-state index in [1.807, 2.05) is 31.2 Å². The van der Waals surface area contributed by atoms with Gasteiger partial charge in [-0.1, -0.05) is 36.5 Å². The van der Waals surface area contributed by atoms with Crippen LogP contribution >= 0.6 is 12.2 Å². The lowest BCUT2D eigenvalue weighted by atomic mass is 10.1. The lowest BCUT2D eigenvalue weighted by Crippen LogP contribution is -2.12. The summed E-state index contributed by atoms with van der Waals surface area (Å²) in [6.45, 7) is 2.01. The van der Waals surface area contributed by atoms with Crippen LogP contribution in [0, 0.1) is 6.92 Å². The van der Waals surface area contributed by atoms with Gasteiger partial charge in [-0.25, -0.2) is 4.98 Å². The molecule has 1 heterocycles. The van der Waals surface area contributed by atoms with Gasteiger partial charge in [0.2, 0.25) is 0 Å². The van der Waals surface area contributed by atoms with E-state index in [9.17, 15) is 4.79 Å². The zero-order chi connectivity index (χ0) is 13.0. The summed E-state index contributed by atoms with van der Waals surface area (Å²) >= 11 is 5.33. The highest BCUT2D eigenvalue weighted by Crippen LogP contribution is 2.11. The molecule has 0 radical (unpaired) electrons. The maximum absolute atomic E-state index is 10.5. The van der Waals surface area contributed by atoms with Gasteiger partial charge in [-0.3, -0.25) is 4.79 Å². The number of anilines is 1. The number of hydrogen-bond acceptors (Lipinski definition) is 3. The van der Waals surface area contributed by atoms with Gasteiger partial charge in [0, 0.05) is 17.3 Å². The molecule has 3 nitrogen and oxygen atoms in total. The largest absolute Gasteiger partial charge is 0.331 e. The minimum absolute atomic E-state index is 0.544. The van der Waals surface area contributed by atoms with Gasteiger partial charge in [-0.05, 0) is 24.6 Å². The van der Waals surface area contributed by atoms with Crippen LogP contribution in [0.3, 0.4) is 0 Å². The fourth-order valence-corrected chi connectivity index (χ4v) is 1.89. The summed E-state index contributed by atoms with van der Waals surface area (Å²) in [4.78, 5) is 15.3. The Morgan fingerprint density at radius 1 is 1.28 bits per heavy atom. The van der Waals surface area contributed by atoms with Gasteiger partial charge in [0.1, 0.15) is 10.8 Å². The molecule has 0 spiro atoms. The molecule has 0 unspecified atom stereocenters. The predicted octanol–water partition coefficient (Wildman–Crippen LogP) is 2.99. The first-order valence-electron chi connectivity index (χ1n) is 5.49. The average molecular weight is 256 g/mol. The van der Waals surface area contributed by atoms with Crippen molar-refractivity contribution < 1.29 is 4.79 Å². The summed E-state index contributed by atoms with van der Waals surface area (Å²) in [5, 5.41) is 3.05. The summed E-state index contributed by atoms with van der Waals surface area (Å²) in [6.07, 6.45) is 2.27. The van der Waals surface area contributed by atoms with Gasteiger partial charge in [-0.15, -0.1) is 0 Å². The average Bonchev–Trinajstić information content (AvgIpc) is 2.40. The molecule has 4 heteroatoms. The number of benzene rings is 1. The molecule has 0 saturated heterocycles. The monoisotopic (exact) mass is 256 g/mol. The van der Waals surface area contributed by atoms with E-state index in [4.69, 9.17) is 12.2 Å². The van der Waals surface area contributed by atoms with Crippen LogP contribution in [0.2, 0.25) is 0 Å². The van der Waals surface area contributed by atoms with E-state index in [-0.39, 0.29) is 0 Å². The Bertz CT molecular complexity index is 579. The molecule has 0 saturated carbocycles. The number of carbonyl (C=O) groups excluding carboxylic acids is 1. The number of pyridine rings is 1. The molecule has 90 valence electrons. The van der Waals surface area contributed by atoms with Crippen LogP contribution in [0.1, 0.15) is 21.5 Å². The van der Waals surface area contributed by atoms with Crippen molar-refractivity contribution in [3.63, 3.8) is 0 Å². The topological polar surface area (TPSA) is 42.0 Å². The second-order valence-electron chi connectivity index (χ2n) is 3.86. The van der Waals surface area contributed by atoms with Gasteiger partial charge in [0.05, 0.1) is 0 Å². The molecule has 0 fully saturated rings. The highest BCUT2D eigenvalue weighted by atomic mass is 32.1. The molecule has 0 aliphatic heterocycles. The van der Waals surface area contributed by atoms with E-state index in [0.717, 1.165) is 17.4 Å². The molecule has 0 atom stereocenters. The molecular weight excluding hydrogens is 244 g/mol. The summed E-state index contributed by atoms with van der Waals surface area (Å²) in [7, 11) is 0. The highest BCUT2D eigenvalue weighted by Gasteiger charge is 2.04. The molecule has 0 amide bonds. The van der Waals surface area contributed by atoms with Gasteiger partial charge in [-0.2, -0.15) is 0 Å². The maximum atomic E-state index is 10.5. The zero-order valence-corrected chi connectivity index (χ0v) is 10.7. The Kier molecular flexibility index (Phi) is 3.79. The Hall–Kier alpha value is -2.07. The van der Waals surface area contributed by atoms with Crippen molar-refractivity contribution in [2.24, 2.45) is 0 Å². The Morgan fingerprint density at radius 2 is 2.06 bits per heavy atom. The van der Waals surface area contributed by atoms with Crippen molar-refractivity contribution in [3.8, 4) is 0 Å². The number of thiocarbonyl (C=S) groups is 1. The summed E-state index contributed by atoms with van der Waals surface area (Å²) in [5.74, 6) is 0.633. The van der Waals surface area contributed by atoms with E-state index < -0.39 is 0 Å². The van der Waals surface area contributed by atoms with Crippen molar-refractivity contribution in [2.45, 2.75) is 6.92 Å². The number of hydrogen-bond donors (Lipinski definition) is 1. The first-order chi connectivity index (χ1) is 8.70. The molecule has 2 rings (SSSR count). The standard InChI is InChI=1S/C14H12N2OS/c1-10-4-2-3-5-12(10)14(18)16-13-7-6-11(9-17)8-15-13/h2-9H,1H3,(H,15,16,18). The van der Waals surface area contributed by atoms with Crippen molar-refractivity contribution in [2.75, 3.05) is 5.32 Å². The number of nitrogens with zero attached hydrogens (tertiary/aromatic N) is 1. The van der Waals surface area contributed by atoms with Crippen LogP contribution < -0.4 is 5.32 Å². The van der Waals surface area contributed by atoms with E-state index in [1.165, 1.54) is 6.20 Å². The highest BCUT2D eigenvalue weighted by molar-refractivity contribution is 7.81. The number of rotatable bonds is 3. The van der Waals surface area contributed by atoms with Crippen molar-refractivity contribution in [1.29, 1.82) is 0 Å². The lowest BCUT2D eigenvalue weighted by Gasteiger charge is -2.09. The van der Waals surface area contributed by atoms with Crippen molar-refractivity contribution >= 4 is 29.3 Å². The van der Waals surface area contributed by atoms with E-state index in [1.54, 1.807) is 12.1 Å². The molecule has 1 aromatic carbocycles. The normalized spacial score (nSPS) is 9.83. The van der Waals surface area contributed by atoms with Crippen LogP contribution in [0.5, 0.6) is 0 Å². The SMILES string of the molecule is Cc1ccccc1C(=S)Nc1ccc(C=O)cn1. The smallest absolute Gasteiger partial charge is 0.151 e. The second-order valence-corrected chi connectivity index (χ2v) is 4.27. The minimum Gasteiger partial charge on any atom is -0.331 e. The fraction of sp³-hybridized carbons (Fsp3) is 0.0714. The van der Waals surface area contributed by atoms with Crippen LogP contribution in [0.4, 0.5) is 5.82 Å². The van der Waals surface area contributed by atoms with Gasteiger partial charge >= 0.3 is 0 Å². The fourth-order valence-electron chi connectivity index (χ4n) is 1.56. The van der Waals surface area contributed by atoms with E-state index in [2.05, 4.69) is 10.3 Å². The van der Waals surface area contributed by atoms with E-state index in [0.29, 0.717) is 16.4 Å². The zero-order valence-electron chi connectivity index (χ0n) is 9.88. The number of aromatic nitrogens is 1. The third kappa shape index (κ3) is 2.78. The number of nitrogens with one attached hydrogen (secondary N) is 1. The molecular formula is C14H12N2OS. The lowest BCUT2D eigenvalue weighted by molar-refractivity contribution is 0.112. The maximum Gasteiger partial charge on any atom is 0.151 e. The van der Waals surface area contributed by atoms with E-state index >= 15 is 0 Å². The first-order valence-corrected chi connectivity index (χ1v) is 5.90. The molecule has 1 aromatic heterocycles. The number of carbonyl (C=O) groups is 1. The van der Waals surface area contributed by atoms with Crippen LogP contribution in [-0.2, 0) is 0 Å².